The molecule has 1 unspecified atom stereocenters. The Morgan fingerprint density at radius 2 is 2.35 bits per heavy atom. The van der Waals surface area contributed by atoms with Crippen molar-refractivity contribution >= 4 is 38.0 Å². The topological polar surface area (TPSA) is 71.5 Å². The summed E-state index contributed by atoms with van der Waals surface area (Å²) >= 11 is 6.60. The minimum absolute atomic E-state index is 0.246. The summed E-state index contributed by atoms with van der Waals surface area (Å²) < 4.78 is 7.00. The van der Waals surface area contributed by atoms with E-state index in [4.69, 9.17) is 9.84 Å². The lowest BCUT2D eigenvalue weighted by molar-refractivity contribution is 0.179. The van der Waals surface area contributed by atoms with Gasteiger partial charge in [-0.05, 0) is 44.3 Å². The molecule has 0 spiro atoms. The van der Waals surface area contributed by atoms with Crippen molar-refractivity contribution in [2.24, 2.45) is 0 Å². The van der Waals surface area contributed by atoms with Gasteiger partial charge < -0.3 is 15.2 Å². The van der Waals surface area contributed by atoms with Gasteiger partial charge in [-0.2, -0.15) is 0 Å². The largest absolute Gasteiger partial charge is 0.475 e. The number of rotatable bonds is 5. The van der Waals surface area contributed by atoms with Crippen LogP contribution in [0.4, 0.5) is 4.79 Å². The Labute approximate surface area is 116 Å². The predicted octanol–water partition coefficient (Wildman–Crippen LogP) is 3.03. The van der Waals surface area contributed by atoms with Crippen molar-refractivity contribution in [3.8, 4) is 5.88 Å². The van der Waals surface area contributed by atoms with Crippen molar-refractivity contribution in [2.75, 3.05) is 6.61 Å². The Balaban J connectivity index is 2.56. The summed E-state index contributed by atoms with van der Waals surface area (Å²) in [7, 11) is 0. The van der Waals surface area contributed by atoms with Gasteiger partial charge in [-0.3, -0.25) is 0 Å². The third kappa shape index (κ3) is 4.91. The van der Waals surface area contributed by atoms with E-state index in [1.165, 1.54) is 0 Å². The molecular weight excluding hydrogens is 356 g/mol. The number of aromatic nitrogens is 1. The van der Waals surface area contributed by atoms with Gasteiger partial charge >= 0.3 is 6.09 Å². The molecule has 0 saturated carbocycles. The number of nitrogens with one attached hydrogen (secondary N) is 1. The molecule has 1 aromatic rings. The summed E-state index contributed by atoms with van der Waals surface area (Å²) in [5.41, 5.74) is 0. The molecule has 0 radical (unpaired) electrons. The lowest BCUT2D eigenvalue weighted by Crippen LogP contribution is -2.37. The first-order chi connectivity index (χ1) is 8.02. The fourth-order valence-corrected chi connectivity index (χ4v) is 2.23. The summed E-state index contributed by atoms with van der Waals surface area (Å²) in [6, 6.07) is 1.57. The molecule has 1 amide bonds. The van der Waals surface area contributed by atoms with Crippen molar-refractivity contribution in [1.82, 2.24) is 10.3 Å². The van der Waals surface area contributed by atoms with E-state index in [9.17, 15) is 4.79 Å². The minimum atomic E-state index is -1.05. The van der Waals surface area contributed by atoms with Crippen molar-refractivity contribution in [2.45, 2.75) is 19.4 Å². The van der Waals surface area contributed by atoms with E-state index in [2.05, 4.69) is 42.2 Å². The molecule has 1 atom stereocenters. The van der Waals surface area contributed by atoms with Gasteiger partial charge in [0.15, 0.2) is 0 Å². The van der Waals surface area contributed by atoms with E-state index in [1.807, 2.05) is 13.0 Å². The Morgan fingerprint density at radius 3 is 2.88 bits per heavy atom. The zero-order valence-electron chi connectivity index (χ0n) is 9.11. The van der Waals surface area contributed by atoms with E-state index in [0.717, 1.165) is 8.95 Å². The van der Waals surface area contributed by atoms with Crippen LogP contribution in [0.2, 0.25) is 0 Å². The molecule has 1 rings (SSSR count). The van der Waals surface area contributed by atoms with Crippen LogP contribution < -0.4 is 10.1 Å². The highest BCUT2D eigenvalue weighted by Crippen LogP contribution is 2.25. The summed E-state index contributed by atoms with van der Waals surface area (Å²) in [4.78, 5) is 14.6. The third-order valence-corrected chi connectivity index (χ3v) is 3.02. The van der Waals surface area contributed by atoms with Crippen LogP contribution in [0.25, 0.3) is 0 Å². The molecule has 17 heavy (non-hydrogen) atoms. The normalized spacial score (nSPS) is 11.9. The Kier molecular flexibility index (Phi) is 5.70. The third-order valence-electron chi connectivity index (χ3n) is 2.02. The van der Waals surface area contributed by atoms with Gasteiger partial charge in [0.05, 0.1) is 10.5 Å². The van der Waals surface area contributed by atoms with Gasteiger partial charge in [-0.25, -0.2) is 9.78 Å². The van der Waals surface area contributed by atoms with Crippen molar-refractivity contribution in [1.29, 1.82) is 0 Å². The van der Waals surface area contributed by atoms with E-state index >= 15 is 0 Å². The molecule has 0 aliphatic rings. The summed E-state index contributed by atoms with van der Waals surface area (Å²) in [5, 5.41) is 11.0. The second-order valence-corrected chi connectivity index (χ2v) is 5.08. The van der Waals surface area contributed by atoms with Crippen LogP contribution in [0.5, 0.6) is 5.88 Å². The maximum Gasteiger partial charge on any atom is 0.404 e. The number of ether oxygens (including phenoxy) is 1. The van der Waals surface area contributed by atoms with Crippen LogP contribution in [0.3, 0.4) is 0 Å². The smallest absolute Gasteiger partial charge is 0.404 e. The molecule has 0 aromatic carbocycles. The molecule has 2 N–H and O–H groups in total. The summed E-state index contributed by atoms with van der Waals surface area (Å²) in [5.74, 6) is 0.443. The quantitative estimate of drug-likeness (QED) is 0.839. The highest BCUT2D eigenvalue weighted by molar-refractivity contribution is 9.11. The first-order valence-electron chi connectivity index (χ1n) is 4.96. The predicted molar refractivity (Wildman–Crippen MR) is 70.4 cm³/mol. The average molecular weight is 368 g/mol. The number of halogens is 2. The minimum Gasteiger partial charge on any atom is -0.475 e. The molecule has 0 saturated heterocycles. The van der Waals surface area contributed by atoms with Gasteiger partial charge in [0.2, 0.25) is 5.88 Å². The number of carboxylic acid groups (broad SMARTS) is 1. The number of pyridine rings is 1. The molecule has 7 heteroatoms. The Morgan fingerprint density at radius 1 is 1.65 bits per heavy atom. The monoisotopic (exact) mass is 366 g/mol. The van der Waals surface area contributed by atoms with Gasteiger partial charge in [0.1, 0.15) is 6.61 Å². The highest BCUT2D eigenvalue weighted by Gasteiger charge is 2.11. The molecule has 1 heterocycles. The van der Waals surface area contributed by atoms with Gasteiger partial charge in [-0.1, -0.05) is 6.92 Å². The van der Waals surface area contributed by atoms with Crippen LogP contribution in [0, 0.1) is 0 Å². The zero-order valence-corrected chi connectivity index (χ0v) is 12.3. The average Bonchev–Trinajstić information content (AvgIpc) is 2.25. The summed E-state index contributed by atoms with van der Waals surface area (Å²) in [6.07, 6.45) is 1.22. The van der Waals surface area contributed by atoms with E-state index in [-0.39, 0.29) is 12.6 Å². The standard InChI is InChI=1S/C10H12Br2N2O3/c1-2-7(14-10(15)16)5-17-9-8(12)3-6(11)4-13-9/h3-4,7,14H,2,5H2,1H3,(H,15,16). The Bertz CT molecular complexity index is 401. The number of hydrogen-bond acceptors (Lipinski definition) is 3. The molecule has 0 bridgehead atoms. The van der Waals surface area contributed by atoms with Gasteiger partial charge in [-0.15, -0.1) is 0 Å². The molecule has 0 fully saturated rings. The van der Waals surface area contributed by atoms with Crippen LogP contribution in [0.15, 0.2) is 21.2 Å². The lowest BCUT2D eigenvalue weighted by Gasteiger charge is -2.15. The first kappa shape index (κ1) is 14.2. The molecule has 0 aliphatic heterocycles. The first-order valence-corrected chi connectivity index (χ1v) is 6.54. The molecule has 94 valence electrons. The van der Waals surface area contributed by atoms with Crippen molar-refractivity contribution in [3.63, 3.8) is 0 Å². The van der Waals surface area contributed by atoms with E-state index in [0.29, 0.717) is 12.3 Å². The maximum atomic E-state index is 10.5. The van der Waals surface area contributed by atoms with Gasteiger partial charge in [0, 0.05) is 10.7 Å². The highest BCUT2D eigenvalue weighted by atomic mass is 79.9. The second-order valence-electron chi connectivity index (χ2n) is 3.31. The van der Waals surface area contributed by atoms with Crippen molar-refractivity contribution < 1.29 is 14.6 Å². The summed E-state index contributed by atoms with van der Waals surface area (Å²) in [6.45, 7) is 2.13. The second kappa shape index (κ2) is 6.80. The molecule has 0 aliphatic carbocycles. The SMILES string of the molecule is CCC(COc1ncc(Br)cc1Br)NC(=O)O. The van der Waals surface area contributed by atoms with Crippen LogP contribution in [-0.4, -0.2) is 28.8 Å². The molecule has 1 aromatic heterocycles. The van der Waals surface area contributed by atoms with E-state index < -0.39 is 6.09 Å². The van der Waals surface area contributed by atoms with Gasteiger partial charge in [0.25, 0.3) is 0 Å². The number of carbonyl (C=O) groups is 1. The maximum absolute atomic E-state index is 10.5. The Hall–Kier alpha value is -0.820. The number of amides is 1. The molecule has 5 nitrogen and oxygen atoms in total. The van der Waals surface area contributed by atoms with Crippen LogP contribution in [-0.2, 0) is 0 Å². The number of hydrogen-bond donors (Lipinski definition) is 2. The zero-order chi connectivity index (χ0) is 12.8. The van der Waals surface area contributed by atoms with Crippen LogP contribution in [0.1, 0.15) is 13.3 Å². The lowest BCUT2D eigenvalue weighted by atomic mass is 10.2. The van der Waals surface area contributed by atoms with Crippen LogP contribution >= 0.6 is 31.9 Å². The van der Waals surface area contributed by atoms with E-state index in [1.54, 1.807) is 6.20 Å². The molecular formula is C10H12Br2N2O3. The van der Waals surface area contributed by atoms with Crippen molar-refractivity contribution in [3.05, 3.63) is 21.2 Å². The fraction of sp³-hybridized carbons (Fsp3) is 0.400. The number of nitrogens with zero attached hydrogens (tertiary/aromatic N) is 1. The fourth-order valence-electron chi connectivity index (χ4n) is 1.12.